The summed E-state index contributed by atoms with van der Waals surface area (Å²) in [6.07, 6.45) is -0.166. The maximum Gasteiger partial charge on any atom is 0.359 e. The van der Waals surface area contributed by atoms with Gasteiger partial charge in [0.05, 0.1) is 7.11 Å². The predicted molar refractivity (Wildman–Crippen MR) is 53.3 cm³/mol. The summed E-state index contributed by atoms with van der Waals surface area (Å²) in [4.78, 5) is 15.2. The molecule has 14 heavy (non-hydrogen) atoms. The van der Waals surface area contributed by atoms with Crippen molar-refractivity contribution >= 4 is 22.3 Å². The Labute approximate surface area is 85.8 Å². The third-order valence-electron chi connectivity index (χ3n) is 1.75. The molecule has 0 aliphatic rings. The van der Waals surface area contributed by atoms with Crippen LogP contribution in [0.4, 0.5) is 5.00 Å². The Bertz CT molecular complexity index is 337. The van der Waals surface area contributed by atoms with Gasteiger partial charge < -0.3 is 15.2 Å². The summed E-state index contributed by atoms with van der Waals surface area (Å²) < 4.78 is 9.59. The van der Waals surface area contributed by atoms with E-state index >= 15 is 0 Å². The lowest BCUT2D eigenvalue weighted by atomic mass is 10.4. The molecule has 1 aromatic heterocycles. The number of hydrogen-bond donors (Lipinski definition) is 1. The summed E-state index contributed by atoms with van der Waals surface area (Å²) in [5, 5.41) is 1.03. The molecule has 2 N–H and O–H groups in total. The van der Waals surface area contributed by atoms with Crippen molar-refractivity contribution in [2.24, 2.45) is 0 Å². The molecule has 0 amide bonds. The molecule has 1 heterocycles. The predicted octanol–water partition coefficient (Wildman–Crippen LogP) is 1.22. The van der Waals surface area contributed by atoms with E-state index in [0.717, 1.165) is 0 Å². The first-order chi connectivity index (χ1) is 6.60. The summed E-state index contributed by atoms with van der Waals surface area (Å²) in [6, 6.07) is 0. The molecule has 5 nitrogen and oxygen atoms in total. The highest BCUT2D eigenvalue weighted by Crippen LogP contribution is 2.27. The molecule has 1 aromatic rings. The number of rotatable bonds is 3. The van der Waals surface area contributed by atoms with Crippen LogP contribution in [0.1, 0.15) is 28.5 Å². The number of aromatic nitrogens is 1. The molecule has 0 aromatic carbocycles. The van der Waals surface area contributed by atoms with Crippen LogP contribution in [0, 0.1) is 0 Å². The van der Waals surface area contributed by atoms with E-state index in [2.05, 4.69) is 9.72 Å². The minimum absolute atomic E-state index is 0.163. The lowest BCUT2D eigenvalue weighted by molar-refractivity contribution is 0.0594. The highest BCUT2D eigenvalue weighted by molar-refractivity contribution is 7.16. The van der Waals surface area contributed by atoms with Gasteiger partial charge >= 0.3 is 5.97 Å². The van der Waals surface area contributed by atoms with Gasteiger partial charge in [0.15, 0.2) is 5.69 Å². The topological polar surface area (TPSA) is 74.4 Å². The average Bonchev–Trinajstić information content (AvgIpc) is 2.58. The highest BCUT2D eigenvalue weighted by Gasteiger charge is 2.19. The molecule has 0 radical (unpaired) electrons. The Morgan fingerprint density at radius 2 is 2.21 bits per heavy atom. The van der Waals surface area contributed by atoms with E-state index in [1.165, 1.54) is 18.4 Å². The van der Waals surface area contributed by atoms with Crippen molar-refractivity contribution in [1.29, 1.82) is 0 Å². The second kappa shape index (κ2) is 4.39. The SMILES string of the molecule is COC(=O)c1nc(C(C)OC)sc1N. The van der Waals surface area contributed by atoms with Crippen LogP contribution in [0.25, 0.3) is 0 Å². The van der Waals surface area contributed by atoms with Crippen molar-refractivity contribution in [1.82, 2.24) is 4.98 Å². The zero-order valence-electron chi connectivity index (χ0n) is 8.23. The van der Waals surface area contributed by atoms with Crippen LogP contribution in [0.15, 0.2) is 0 Å². The van der Waals surface area contributed by atoms with Crippen molar-refractivity contribution in [2.45, 2.75) is 13.0 Å². The van der Waals surface area contributed by atoms with E-state index in [9.17, 15) is 4.79 Å². The molecule has 78 valence electrons. The maximum absolute atomic E-state index is 11.2. The second-order valence-corrected chi connectivity index (χ2v) is 3.70. The number of hydrogen-bond acceptors (Lipinski definition) is 6. The lowest BCUT2D eigenvalue weighted by Crippen LogP contribution is -2.05. The molecule has 0 aliphatic carbocycles. The van der Waals surface area contributed by atoms with Crippen LogP contribution in [0.2, 0.25) is 0 Å². The van der Waals surface area contributed by atoms with Gasteiger partial charge in [0.2, 0.25) is 0 Å². The Kier molecular flexibility index (Phi) is 3.43. The molecule has 1 unspecified atom stereocenters. The second-order valence-electron chi connectivity index (χ2n) is 2.63. The van der Waals surface area contributed by atoms with Crippen LogP contribution in [0.3, 0.4) is 0 Å². The van der Waals surface area contributed by atoms with Gasteiger partial charge in [-0.2, -0.15) is 0 Å². The Morgan fingerprint density at radius 1 is 1.57 bits per heavy atom. The molecular formula is C8H12N2O3S. The van der Waals surface area contributed by atoms with Crippen LogP contribution < -0.4 is 5.73 Å². The molecule has 0 saturated heterocycles. The quantitative estimate of drug-likeness (QED) is 0.769. The summed E-state index contributed by atoms with van der Waals surface area (Å²) in [7, 11) is 2.86. The minimum Gasteiger partial charge on any atom is -0.464 e. The first kappa shape index (κ1) is 10.9. The van der Waals surface area contributed by atoms with Gasteiger partial charge in [-0.15, -0.1) is 0 Å². The summed E-state index contributed by atoms with van der Waals surface area (Å²) >= 11 is 1.23. The lowest BCUT2D eigenvalue weighted by Gasteiger charge is -2.03. The van der Waals surface area contributed by atoms with E-state index in [1.807, 2.05) is 6.92 Å². The largest absolute Gasteiger partial charge is 0.464 e. The number of thiazole rings is 1. The van der Waals surface area contributed by atoms with Crippen molar-refractivity contribution < 1.29 is 14.3 Å². The third kappa shape index (κ3) is 2.02. The van der Waals surface area contributed by atoms with E-state index in [4.69, 9.17) is 10.5 Å². The van der Waals surface area contributed by atoms with Crippen molar-refractivity contribution in [3.63, 3.8) is 0 Å². The number of ether oxygens (including phenoxy) is 2. The molecule has 0 aliphatic heterocycles. The highest BCUT2D eigenvalue weighted by atomic mass is 32.1. The van der Waals surface area contributed by atoms with Gasteiger partial charge in [-0.3, -0.25) is 0 Å². The summed E-state index contributed by atoms with van der Waals surface area (Å²) in [5.74, 6) is -0.520. The average molecular weight is 216 g/mol. The van der Waals surface area contributed by atoms with Crippen LogP contribution >= 0.6 is 11.3 Å². The number of nitrogens with zero attached hydrogens (tertiary/aromatic N) is 1. The minimum atomic E-state index is -0.520. The third-order valence-corrected chi connectivity index (χ3v) is 2.80. The summed E-state index contributed by atoms with van der Waals surface area (Å²) in [5.41, 5.74) is 5.77. The molecule has 1 atom stereocenters. The number of carbonyl (C=O) groups is 1. The molecule has 0 bridgehead atoms. The van der Waals surface area contributed by atoms with Crippen molar-refractivity contribution in [3.8, 4) is 0 Å². The van der Waals surface area contributed by atoms with Crippen LogP contribution in [0.5, 0.6) is 0 Å². The van der Waals surface area contributed by atoms with Crippen molar-refractivity contribution in [2.75, 3.05) is 20.0 Å². The number of methoxy groups -OCH3 is 2. The summed E-state index contributed by atoms with van der Waals surface area (Å²) in [6.45, 7) is 1.83. The number of nitrogens with two attached hydrogens (primary N) is 1. The Balaban J connectivity index is 2.98. The van der Waals surface area contributed by atoms with E-state index in [0.29, 0.717) is 10.0 Å². The van der Waals surface area contributed by atoms with E-state index in [1.54, 1.807) is 7.11 Å². The molecular weight excluding hydrogens is 204 g/mol. The molecule has 0 fully saturated rings. The van der Waals surface area contributed by atoms with Gasteiger partial charge in [0, 0.05) is 7.11 Å². The standard InChI is InChI=1S/C8H12N2O3S/c1-4(12-2)7-10-5(6(9)14-7)8(11)13-3/h4H,9H2,1-3H3. The Morgan fingerprint density at radius 3 is 2.71 bits per heavy atom. The van der Waals surface area contributed by atoms with Gasteiger partial charge in [-0.25, -0.2) is 9.78 Å². The van der Waals surface area contributed by atoms with E-state index < -0.39 is 5.97 Å². The molecule has 0 spiro atoms. The monoisotopic (exact) mass is 216 g/mol. The van der Waals surface area contributed by atoms with Gasteiger partial charge in [0.25, 0.3) is 0 Å². The zero-order valence-corrected chi connectivity index (χ0v) is 9.05. The number of carbonyl (C=O) groups excluding carboxylic acids is 1. The smallest absolute Gasteiger partial charge is 0.359 e. The van der Waals surface area contributed by atoms with Gasteiger partial charge in [-0.05, 0) is 6.92 Å². The normalized spacial score (nSPS) is 12.5. The first-order valence-electron chi connectivity index (χ1n) is 3.97. The Hall–Kier alpha value is -1.14. The van der Waals surface area contributed by atoms with Crippen LogP contribution in [-0.2, 0) is 9.47 Å². The van der Waals surface area contributed by atoms with E-state index in [-0.39, 0.29) is 11.8 Å². The zero-order chi connectivity index (χ0) is 10.7. The van der Waals surface area contributed by atoms with Crippen molar-refractivity contribution in [3.05, 3.63) is 10.7 Å². The number of nitrogen functional groups attached to an aromatic ring is 1. The van der Waals surface area contributed by atoms with Crippen LogP contribution in [-0.4, -0.2) is 25.2 Å². The van der Waals surface area contributed by atoms with Gasteiger partial charge in [-0.1, -0.05) is 11.3 Å². The molecule has 6 heteroatoms. The molecule has 1 rings (SSSR count). The number of anilines is 1. The van der Waals surface area contributed by atoms with Gasteiger partial charge in [0.1, 0.15) is 16.1 Å². The fraction of sp³-hybridized carbons (Fsp3) is 0.500. The number of esters is 1. The first-order valence-corrected chi connectivity index (χ1v) is 4.79. The maximum atomic E-state index is 11.2. The fourth-order valence-electron chi connectivity index (χ4n) is 0.867. The molecule has 0 saturated carbocycles. The fourth-order valence-corrected chi connectivity index (χ4v) is 1.72.